The van der Waals surface area contributed by atoms with Crippen LogP contribution in [0.15, 0.2) is 42.5 Å². The summed E-state index contributed by atoms with van der Waals surface area (Å²) in [6.07, 6.45) is -1.18. The molecular formula is C23H28N2O5. The van der Waals surface area contributed by atoms with Crippen LogP contribution in [-0.2, 0) is 9.53 Å². The van der Waals surface area contributed by atoms with Crippen LogP contribution in [0.25, 0.3) is 0 Å². The minimum Gasteiger partial charge on any atom is -0.507 e. The number of nitrogens with one attached hydrogen (secondary N) is 2. The van der Waals surface area contributed by atoms with Crippen molar-refractivity contribution < 1.29 is 24.2 Å². The summed E-state index contributed by atoms with van der Waals surface area (Å²) in [5.41, 5.74) is 6.42. The van der Waals surface area contributed by atoms with E-state index < -0.39 is 23.9 Å². The molecule has 7 heteroatoms. The molecule has 0 bridgehead atoms. The van der Waals surface area contributed by atoms with Gasteiger partial charge in [0.05, 0.1) is 0 Å². The second-order valence-electron chi connectivity index (χ2n) is 7.67. The lowest BCUT2D eigenvalue weighted by molar-refractivity contribution is -0.129. The number of rotatable bonds is 6. The zero-order chi connectivity index (χ0) is 22.4. The molecule has 0 aliphatic rings. The molecule has 2 aromatic carbocycles. The van der Waals surface area contributed by atoms with Gasteiger partial charge in [0.2, 0.25) is 0 Å². The quantitative estimate of drug-likeness (QED) is 0.496. The van der Waals surface area contributed by atoms with E-state index in [2.05, 4.69) is 10.9 Å². The van der Waals surface area contributed by atoms with E-state index in [1.807, 2.05) is 33.8 Å². The fourth-order valence-electron chi connectivity index (χ4n) is 2.77. The van der Waals surface area contributed by atoms with Crippen LogP contribution >= 0.6 is 0 Å². The van der Waals surface area contributed by atoms with Gasteiger partial charge < -0.3 is 9.84 Å². The van der Waals surface area contributed by atoms with Crippen LogP contribution in [0.1, 0.15) is 78.3 Å². The zero-order valence-electron chi connectivity index (χ0n) is 17.9. The van der Waals surface area contributed by atoms with Gasteiger partial charge in [0.15, 0.2) is 6.10 Å². The van der Waals surface area contributed by atoms with Gasteiger partial charge in [0, 0.05) is 5.56 Å². The lowest BCUT2D eigenvalue weighted by atomic mass is 9.92. The molecule has 7 nitrogen and oxygen atoms in total. The lowest BCUT2D eigenvalue weighted by Crippen LogP contribution is -2.46. The maximum Gasteiger partial charge on any atom is 0.342 e. The highest BCUT2D eigenvalue weighted by molar-refractivity contribution is 5.97. The van der Waals surface area contributed by atoms with Crippen LogP contribution in [0, 0.1) is 0 Å². The number of benzene rings is 2. The molecule has 0 heterocycles. The number of carbonyl (C=O) groups is 3. The summed E-state index contributed by atoms with van der Waals surface area (Å²) in [6, 6.07) is 11.8. The smallest absolute Gasteiger partial charge is 0.342 e. The predicted molar refractivity (Wildman–Crippen MR) is 113 cm³/mol. The lowest BCUT2D eigenvalue weighted by Gasteiger charge is -2.18. The molecule has 160 valence electrons. The van der Waals surface area contributed by atoms with Crippen molar-refractivity contribution in [2.24, 2.45) is 0 Å². The number of ether oxygens (including phenoxy) is 1. The number of hydrogen-bond acceptors (Lipinski definition) is 5. The fraction of sp³-hybridized carbons (Fsp3) is 0.348. The number of hydrazine groups is 1. The first-order valence-corrected chi connectivity index (χ1v) is 9.84. The molecule has 2 rings (SSSR count). The highest BCUT2D eigenvalue weighted by Gasteiger charge is 2.24. The highest BCUT2D eigenvalue weighted by atomic mass is 16.5. The summed E-state index contributed by atoms with van der Waals surface area (Å²) in [4.78, 5) is 36.9. The van der Waals surface area contributed by atoms with Crippen molar-refractivity contribution >= 4 is 17.8 Å². The molecule has 1 atom stereocenters. The third-order valence-electron chi connectivity index (χ3n) is 4.66. The summed E-state index contributed by atoms with van der Waals surface area (Å²) in [7, 11) is 0. The Morgan fingerprint density at radius 2 is 1.53 bits per heavy atom. The second kappa shape index (κ2) is 9.91. The van der Waals surface area contributed by atoms with Crippen molar-refractivity contribution in [3.8, 4) is 5.75 Å². The van der Waals surface area contributed by atoms with Gasteiger partial charge in [-0.1, -0.05) is 52.0 Å². The molecule has 0 saturated carbocycles. The van der Waals surface area contributed by atoms with Gasteiger partial charge in [-0.15, -0.1) is 0 Å². The Labute approximate surface area is 176 Å². The first kappa shape index (κ1) is 22.9. The van der Waals surface area contributed by atoms with Crippen LogP contribution in [0.4, 0.5) is 0 Å². The maximum absolute atomic E-state index is 12.6. The van der Waals surface area contributed by atoms with Crippen molar-refractivity contribution in [2.45, 2.75) is 52.6 Å². The third kappa shape index (κ3) is 5.59. The van der Waals surface area contributed by atoms with Crippen molar-refractivity contribution in [1.82, 2.24) is 10.9 Å². The van der Waals surface area contributed by atoms with E-state index >= 15 is 0 Å². The molecule has 0 fully saturated rings. The molecule has 0 radical (unpaired) electrons. The van der Waals surface area contributed by atoms with Crippen LogP contribution in [0.3, 0.4) is 0 Å². The SMILES string of the molecule is CC(C)c1cc(C(=O)O[C@@H](C)C(=O)NNC(=O)c2ccccc2)c(O)c(C(C)C)c1. The predicted octanol–water partition coefficient (Wildman–Crippen LogP) is 3.65. The monoisotopic (exact) mass is 412 g/mol. The molecule has 0 aliphatic heterocycles. The second-order valence-corrected chi connectivity index (χ2v) is 7.67. The first-order chi connectivity index (χ1) is 14.1. The van der Waals surface area contributed by atoms with Crippen LogP contribution in [0.2, 0.25) is 0 Å². The Hall–Kier alpha value is -3.35. The molecule has 2 aromatic rings. The van der Waals surface area contributed by atoms with E-state index in [0.717, 1.165) is 5.56 Å². The van der Waals surface area contributed by atoms with Crippen molar-refractivity contribution in [2.75, 3.05) is 0 Å². The Bertz CT molecular complexity index is 923. The number of amides is 2. The number of phenolic OH excluding ortho intramolecular Hbond substituents is 1. The molecule has 3 N–H and O–H groups in total. The molecule has 0 saturated heterocycles. The molecular weight excluding hydrogens is 384 g/mol. The average Bonchev–Trinajstić information content (AvgIpc) is 2.71. The van der Waals surface area contributed by atoms with Gasteiger partial charge in [-0.05, 0) is 48.1 Å². The number of aromatic hydroxyl groups is 1. The average molecular weight is 412 g/mol. The van der Waals surface area contributed by atoms with Crippen molar-refractivity contribution in [3.63, 3.8) is 0 Å². The van der Waals surface area contributed by atoms with Crippen molar-refractivity contribution in [3.05, 3.63) is 64.7 Å². The first-order valence-electron chi connectivity index (χ1n) is 9.84. The topological polar surface area (TPSA) is 105 Å². The minimum absolute atomic E-state index is 0.00386. The molecule has 2 amide bonds. The van der Waals surface area contributed by atoms with Gasteiger partial charge in [0.1, 0.15) is 11.3 Å². The summed E-state index contributed by atoms with van der Waals surface area (Å²) < 4.78 is 5.22. The number of phenols is 1. The Morgan fingerprint density at radius 3 is 2.10 bits per heavy atom. The van der Waals surface area contributed by atoms with Gasteiger partial charge >= 0.3 is 5.97 Å². The number of carbonyl (C=O) groups excluding carboxylic acids is 3. The van der Waals surface area contributed by atoms with Gasteiger partial charge in [-0.3, -0.25) is 20.4 Å². The molecule has 30 heavy (non-hydrogen) atoms. The Balaban J connectivity index is 2.07. The van der Waals surface area contributed by atoms with E-state index in [1.165, 1.54) is 6.92 Å². The number of esters is 1. The normalized spacial score (nSPS) is 11.8. The largest absolute Gasteiger partial charge is 0.507 e. The molecule has 0 unspecified atom stereocenters. The fourth-order valence-corrected chi connectivity index (χ4v) is 2.77. The van der Waals surface area contributed by atoms with Gasteiger partial charge in [-0.25, -0.2) is 4.79 Å². The van der Waals surface area contributed by atoms with E-state index in [9.17, 15) is 19.5 Å². The molecule has 0 aromatic heterocycles. The summed E-state index contributed by atoms with van der Waals surface area (Å²) in [5.74, 6) is -2.01. The van der Waals surface area contributed by atoms with Crippen LogP contribution in [0.5, 0.6) is 5.75 Å². The van der Waals surface area contributed by atoms with Crippen LogP contribution < -0.4 is 10.9 Å². The minimum atomic E-state index is -1.18. The summed E-state index contributed by atoms with van der Waals surface area (Å²) >= 11 is 0. The van der Waals surface area contributed by atoms with Gasteiger partial charge in [-0.2, -0.15) is 0 Å². The highest BCUT2D eigenvalue weighted by Crippen LogP contribution is 2.33. The Morgan fingerprint density at radius 1 is 0.900 bits per heavy atom. The molecule has 0 aliphatic carbocycles. The van der Waals surface area contributed by atoms with E-state index in [0.29, 0.717) is 11.1 Å². The van der Waals surface area contributed by atoms with E-state index in [-0.39, 0.29) is 23.1 Å². The summed E-state index contributed by atoms with van der Waals surface area (Å²) in [6.45, 7) is 9.18. The Kier molecular flexibility index (Phi) is 7.58. The number of hydrogen-bond donors (Lipinski definition) is 3. The summed E-state index contributed by atoms with van der Waals surface area (Å²) in [5, 5.41) is 10.5. The van der Waals surface area contributed by atoms with E-state index in [1.54, 1.807) is 36.4 Å². The molecule has 0 spiro atoms. The van der Waals surface area contributed by atoms with Gasteiger partial charge in [0.25, 0.3) is 11.8 Å². The zero-order valence-corrected chi connectivity index (χ0v) is 17.9. The van der Waals surface area contributed by atoms with E-state index in [4.69, 9.17) is 4.74 Å². The third-order valence-corrected chi connectivity index (χ3v) is 4.66. The van der Waals surface area contributed by atoms with Crippen LogP contribution in [-0.4, -0.2) is 29.0 Å². The van der Waals surface area contributed by atoms with Crippen molar-refractivity contribution in [1.29, 1.82) is 0 Å². The standard InChI is InChI=1S/C23H28N2O5/c1-13(2)17-11-18(14(3)4)20(26)19(12-17)23(29)30-15(5)21(27)24-25-22(28)16-9-7-6-8-10-16/h6-15,26H,1-5H3,(H,24,27)(H,25,28)/t15-/m0/s1. The maximum atomic E-state index is 12.6.